The van der Waals surface area contributed by atoms with Crippen LogP contribution in [0.3, 0.4) is 0 Å². The lowest BCUT2D eigenvalue weighted by Crippen LogP contribution is -2.18. The average molecular weight is 359 g/mol. The first-order valence-corrected chi connectivity index (χ1v) is 8.16. The summed E-state index contributed by atoms with van der Waals surface area (Å²) in [7, 11) is 1.64. The molecule has 0 amide bonds. The van der Waals surface area contributed by atoms with E-state index in [1.807, 2.05) is 24.3 Å². The molecule has 0 aliphatic heterocycles. The van der Waals surface area contributed by atoms with Crippen LogP contribution in [0.15, 0.2) is 48.7 Å². The zero-order valence-electron chi connectivity index (χ0n) is 14.2. The minimum absolute atomic E-state index is 0.0580. The first-order valence-electron chi connectivity index (χ1n) is 8.16. The fraction of sp³-hybridized carbons (Fsp3) is 0.250. The van der Waals surface area contributed by atoms with Crippen LogP contribution < -0.4 is 5.32 Å². The minimum atomic E-state index is -4.45. The van der Waals surface area contributed by atoms with Gasteiger partial charge in [-0.05, 0) is 23.3 Å². The number of rotatable bonds is 6. The lowest BCUT2D eigenvalue weighted by Gasteiger charge is -2.12. The van der Waals surface area contributed by atoms with E-state index in [1.165, 1.54) is 12.3 Å². The third kappa shape index (κ3) is 4.03. The number of hydrogen-bond acceptors (Lipinski definition) is 3. The van der Waals surface area contributed by atoms with E-state index >= 15 is 0 Å². The van der Waals surface area contributed by atoms with Crippen molar-refractivity contribution >= 4 is 10.9 Å². The zero-order chi connectivity index (χ0) is 18.6. The molecule has 26 heavy (non-hydrogen) atoms. The topological polar surface area (TPSA) is 34.1 Å². The van der Waals surface area contributed by atoms with E-state index in [1.54, 1.807) is 13.2 Å². The Morgan fingerprint density at radius 1 is 1.15 bits per heavy atom. The van der Waals surface area contributed by atoms with Gasteiger partial charge in [0, 0.05) is 43.4 Å². The Morgan fingerprint density at radius 2 is 1.96 bits per heavy atom. The molecule has 0 atom stereocenters. The Balaban J connectivity index is 1.98. The molecule has 0 aliphatic rings. The molecule has 0 unspecified atom stereocenters. The molecule has 0 spiro atoms. The van der Waals surface area contributed by atoms with Gasteiger partial charge in [0.25, 0.3) is 0 Å². The molecule has 2 aromatic carbocycles. The van der Waals surface area contributed by atoms with E-state index in [0.29, 0.717) is 24.1 Å². The third-order valence-corrected chi connectivity index (χ3v) is 4.04. The monoisotopic (exact) mass is 359 g/mol. The molecule has 1 radical (unpaired) electrons. The van der Waals surface area contributed by atoms with E-state index in [2.05, 4.69) is 16.4 Å². The van der Waals surface area contributed by atoms with E-state index in [0.717, 1.165) is 23.7 Å². The summed E-state index contributed by atoms with van der Waals surface area (Å²) in [4.78, 5) is 3.92. The quantitative estimate of drug-likeness (QED) is 0.660. The molecule has 135 valence electrons. The van der Waals surface area contributed by atoms with Crippen LogP contribution in [-0.4, -0.2) is 25.2 Å². The van der Waals surface area contributed by atoms with Crippen molar-refractivity contribution in [2.75, 3.05) is 20.3 Å². The van der Waals surface area contributed by atoms with Gasteiger partial charge in [-0.2, -0.15) is 13.2 Å². The normalized spacial score (nSPS) is 11.8. The van der Waals surface area contributed by atoms with Crippen LogP contribution in [0.2, 0.25) is 0 Å². The molecule has 0 saturated heterocycles. The Kier molecular flexibility index (Phi) is 5.54. The van der Waals surface area contributed by atoms with Crippen molar-refractivity contribution in [2.45, 2.75) is 12.7 Å². The van der Waals surface area contributed by atoms with Gasteiger partial charge in [-0.3, -0.25) is 4.98 Å². The summed E-state index contributed by atoms with van der Waals surface area (Å²) in [5.74, 6) is 0. The molecule has 3 nitrogen and oxygen atoms in total. The van der Waals surface area contributed by atoms with E-state index in [9.17, 15) is 13.2 Å². The van der Waals surface area contributed by atoms with Gasteiger partial charge in [0.05, 0.1) is 17.7 Å². The highest BCUT2D eigenvalue weighted by Gasteiger charge is 2.33. The number of hydrogen-bond donors (Lipinski definition) is 1. The highest BCUT2D eigenvalue weighted by molar-refractivity contribution is 5.95. The smallest absolute Gasteiger partial charge is 0.383 e. The van der Waals surface area contributed by atoms with E-state index in [4.69, 9.17) is 4.74 Å². The summed E-state index contributed by atoms with van der Waals surface area (Å²) in [5.41, 5.74) is 1.66. The Labute approximate surface area is 149 Å². The summed E-state index contributed by atoms with van der Waals surface area (Å²) in [6.07, 6.45) is -3.14. The maximum atomic E-state index is 13.2. The van der Waals surface area contributed by atoms with Gasteiger partial charge in [0.1, 0.15) is 0 Å². The fourth-order valence-corrected chi connectivity index (χ4v) is 2.83. The second-order valence-corrected chi connectivity index (χ2v) is 5.85. The third-order valence-electron chi connectivity index (χ3n) is 4.04. The number of nitrogens with zero attached hydrogens (tertiary/aromatic N) is 1. The van der Waals surface area contributed by atoms with Crippen LogP contribution in [0.25, 0.3) is 22.0 Å². The van der Waals surface area contributed by atoms with E-state index < -0.39 is 11.7 Å². The van der Waals surface area contributed by atoms with Crippen molar-refractivity contribution in [2.24, 2.45) is 0 Å². The molecule has 6 heteroatoms. The molecular weight excluding hydrogens is 341 g/mol. The number of fused-ring (bicyclic) bond motifs is 1. The number of methoxy groups -OCH3 is 1. The Morgan fingerprint density at radius 3 is 2.73 bits per heavy atom. The van der Waals surface area contributed by atoms with Gasteiger partial charge in [-0.15, -0.1) is 0 Å². The van der Waals surface area contributed by atoms with Crippen LogP contribution in [0.1, 0.15) is 11.1 Å². The predicted molar refractivity (Wildman–Crippen MR) is 94.6 cm³/mol. The molecule has 3 rings (SSSR count). The molecule has 1 aromatic heterocycles. The standard InChI is InChI=1S/C20H18F3N2O/c1-26-11-10-24-13-14-4-2-5-15(12-14)16-8-9-25-19-17(16)6-3-7-18(19)20(21,22)23/h2-7,9,12,24H,10-11,13H2,1H3. The van der Waals surface area contributed by atoms with Crippen LogP contribution >= 0.6 is 0 Å². The first-order chi connectivity index (χ1) is 12.5. The SMILES string of the molecule is COCCNCc1cccc(-c2[c]cnc3c(C(F)(F)F)cccc23)c1. The Bertz CT molecular complexity index is 894. The maximum absolute atomic E-state index is 13.2. The highest BCUT2D eigenvalue weighted by Crippen LogP contribution is 2.36. The van der Waals surface area contributed by atoms with Gasteiger partial charge in [-0.25, -0.2) is 0 Å². The number of alkyl halides is 3. The van der Waals surface area contributed by atoms with Crippen molar-refractivity contribution < 1.29 is 17.9 Å². The van der Waals surface area contributed by atoms with Gasteiger partial charge >= 0.3 is 6.18 Å². The summed E-state index contributed by atoms with van der Waals surface area (Å²) in [5, 5.41) is 3.69. The number of para-hydroxylation sites is 1. The van der Waals surface area contributed by atoms with Crippen LogP contribution in [0.5, 0.6) is 0 Å². The van der Waals surface area contributed by atoms with Crippen LogP contribution in [-0.2, 0) is 17.5 Å². The van der Waals surface area contributed by atoms with Gasteiger partial charge in [0.2, 0.25) is 0 Å². The number of aromatic nitrogens is 1. The molecule has 1 heterocycles. The number of nitrogens with one attached hydrogen (secondary N) is 1. The number of ether oxygens (including phenoxy) is 1. The number of halogens is 3. The first kappa shape index (κ1) is 18.4. The lowest BCUT2D eigenvalue weighted by molar-refractivity contribution is -0.136. The average Bonchev–Trinajstić information content (AvgIpc) is 2.64. The molecule has 0 fully saturated rings. The zero-order valence-corrected chi connectivity index (χ0v) is 14.2. The number of benzene rings is 2. The second-order valence-electron chi connectivity index (χ2n) is 5.85. The van der Waals surface area contributed by atoms with Gasteiger partial charge in [-0.1, -0.05) is 30.3 Å². The van der Waals surface area contributed by atoms with Crippen molar-refractivity contribution in [1.29, 1.82) is 0 Å². The highest BCUT2D eigenvalue weighted by atomic mass is 19.4. The molecular formula is C20H18F3N2O. The van der Waals surface area contributed by atoms with Crippen molar-refractivity contribution in [1.82, 2.24) is 10.3 Å². The molecule has 3 aromatic rings. The largest absolute Gasteiger partial charge is 0.418 e. The maximum Gasteiger partial charge on any atom is 0.418 e. The van der Waals surface area contributed by atoms with Crippen molar-refractivity contribution in [3.8, 4) is 11.1 Å². The lowest BCUT2D eigenvalue weighted by atomic mass is 9.98. The molecule has 1 N–H and O–H groups in total. The fourth-order valence-electron chi connectivity index (χ4n) is 2.83. The van der Waals surface area contributed by atoms with Crippen LogP contribution in [0, 0.1) is 6.07 Å². The Hall–Kier alpha value is -2.44. The van der Waals surface area contributed by atoms with Crippen molar-refractivity contribution in [3.63, 3.8) is 0 Å². The predicted octanol–water partition coefficient (Wildman–Crippen LogP) is 4.46. The van der Waals surface area contributed by atoms with Crippen LogP contribution in [0.4, 0.5) is 13.2 Å². The van der Waals surface area contributed by atoms with E-state index in [-0.39, 0.29) is 5.52 Å². The van der Waals surface area contributed by atoms with Gasteiger partial charge in [0.15, 0.2) is 0 Å². The molecule has 0 saturated carbocycles. The second kappa shape index (κ2) is 7.85. The summed E-state index contributed by atoms with van der Waals surface area (Å²) < 4.78 is 44.7. The molecule has 0 aliphatic carbocycles. The molecule has 0 bridgehead atoms. The minimum Gasteiger partial charge on any atom is -0.383 e. The summed E-state index contributed by atoms with van der Waals surface area (Å²) >= 11 is 0. The van der Waals surface area contributed by atoms with Gasteiger partial charge < -0.3 is 10.1 Å². The number of pyridine rings is 1. The summed E-state index contributed by atoms with van der Waals surface area (Å²) in [6, 6.07) is 14.8. The van der Waals surface area contributed by atoms with Crippen molar-refractivity contribution in [3.05, 3.63) is 65.9 Å². The summed E-state index contributed by atoms with van der Waals surface area (Å²) in [6.45, 7) is 1.98.